The quantitative estimate of drug-likeness (QED) is 0.864. The summed E-state index contributed by atoms with van der Waals surface area (Å²) in [5, 5.41) is 9.20. The number of carbonyl (C=O) groups is 2. The van der Waals surface area contributed by atoms with Gasteiger partial charge in [-0.3, -0.25) is 4.90 Å². The molecule has 0 saturated carbocycles. The standard InChI is InChI=1S/C12H18N2O4/c1-12(2,3)18-11(17)14(4)9(10(15)16)8-5-6-13-7-8/h5-7,9,13H,1-4H3,(H,15,16). The van der Waals surface area contributed by atoms with Crippen LogP contribution < -0.4 is 0 Å². The molecule has 1 aromatic heterocycles. The Labute approximate surface area is 106 Å². The topological polar surface area (TPSA) is 82.6 Å². The van der Waals surface area contributed by atoms with Crippen molar-refractivity contribution in [3.05, 3.63) is 24.0 Å². The lowest BCUT2D eigenvalue weighted by Crippen LogP contribution is -2.39. The van der Waals surface area contributed by atoms with Crippen molar-refractivity contribution in [2.45, 2.75) is 32.4 Å². The van der Waals surface area contributed by atoms with Gasteiger partial charge in [-0.25, -0.2) is 9.59 Å². The van der Waals surface area contributed by atoms with Crippen molar-refractivity contribution < 1.29 is 19.4 Å². The van der Waals surface area contributed by atoms with E-state index in [9.17, 15) is 14.7 Å². The highest BCUT2D eigenvalue weighted by atomic mass is 16.6. The Balaban J connectivity index is 2.88. The number of carboxylic acids is 1. The number of H-pyrrole nitrogens is 1. The van der Waals surface area contributed by atoms with Gasteiger partial charge in [0.15, 0.2) is 6.04 Å². The minimum Gasteiger partial charge on any atom is -0.479 e. The molecule has 1 unspecified atom stereocenters. The van der Waals surface area contributed by atoms with Gasteiger partial charge in [-0.15, -0.1) is 0 Å². The fraction of sp³-hybridized carbons (Fsp3) is 0.500. The van der Waals surface area contributed by atoms with E-state index in [4.69, 9.17) is 4.74 Å². The first kappa shape index (κ1) is 14.1. The van der Waals surface area contributed by atoms with Crippen LogP contribution in [0.15, 0.2) is 18.5 Å². The summed E-state index contributed by atoms with van der Waals surface area (Å²) in [6.45, 7) is 5.18. The van der Waals surface area contributed by atoms with Crippen LogP contribution in [0.2, 0.25) is 0 Å². The third-order valence-corrected chi connectivity index (χ3v) is 2.24. The van der Waals surface area contributed by atoms with Crippen LogP contribution >= 0.6 is 0 Å². The van der Waals surface area contributed by atoms with Crippen molar-refractivity contribution >= 4 is 12.1 Å². The number of aromatic nitrogens is 1. The first-order valence-corrected chi connectivity index (χ1v) is 5.53. The van der Waals surface area contributed by atoms with E-state index in [1.807, 2.05) is 0 Å². The van der Waals surface area contributed by atoms with Crippen LogP contribution in [0.3, 0.4) is 0 Å². The molecule has 0 fully saturated rings. The molecule has 1 atom stereocenters. The lowest BCUT2D eigenvalue weighted by atomic mass is 10.1. The van der Waals surface area contributed by atoms with Crippen LogP contribution in [0, 0.1) is 0 Å². The Kier molecular flexibility index (Phi) is 4.00. The van der Waals surface area contributed by atoms with Gasteiger partial charge in [0.25, 0.3) is 0 Å². The molecule has 0 aliphatic rings. The summed E-state index contributed by atoms with van der Waals surface area (Å²) in [5.41, 5.74) is -0.164. The van der Waals surface area contributed by atoms with Gasteiger partial charge in [-0.2, -0.15) is 0 Å². The summed E-state index contributed by atoms with van der Waals surface area (Å²) in [6, 6.07) is 0.547. The molecular formula is C12H18N2O4. The van der Waals surface area contributed by atoms with Crippen molar-refractivity contribution in [3.63, 3.8) is 0 Å². The Hall–Kier alpha value is -1.98. The predicted molar refractivity (Wildman–Crippen MR) is 65.2 cm³/mol. The van der Waals surface area contributed by atoms with Crippen molar-refractivity contribution in [2.24, 2.45) is 0 Å². The average molecular weight is 254 g/mol. The fourth-order valence-corrected chi connectivity index (χ4v) is 1.48. The number of carbonyl (C=O) groups excluding carboxylic acids is 1. The van der Waals surface area contributed by atoms with E-state index in [1.54, 1.807) is 39.2 Å². The molecule has 1 heterocycles. The zero-order chi connectivity index (χ0) is 13.9. The highest BCUT2D eigenvalue weighted by Crippen LogP contribution is 2.21. The molecule has 18 heavy (non-hydrogen) atoms. The SMILES string of the molecule is CN(C(=O)OC(C)(C)C)C(C(=O)O)c1cc[nH]c1. The zero-order valence-corrected chi connectivity index (χ0v) is 10.9. The van der Waals surface area contributed by atoms with Gasteiger partial charge in [0.05, 0.1) is 0 Å². The molecule has 0 aliphatic heterocycles. The van der Waals surface area contributed by atoms with Crippen LogP contribution in [0.4, 0.5) is 4.79 Å². The van der Waals surface area contributed by atoms with Gasteiger partial charge in [-0.1, -0.05) is 0 Å². The minimum atomic E-state index is -1.11. The van der Waals surface area contributed by atoms with E-state index in [-0.39, 0.29) is 0 Å². The molecule has 6 nitrogen and oxygen atoms in total. The largest absolute Gasteiger partial charge is 0.479 e. The predicted octanol–water partition coefficient (Wildman–Crippen LogP) is 2.01. The first-order valence-electron chi connectivity index (χ1n) is 5.53. The first-order chi connectivity index (χ1) is 8.22. The molecule has 2 N–H and O–H groups in total. The normalized spacial score (nSPS) is 12.9. The molecule has 0 saturated heterocycles. The number of amides is 1. The average Bonchev–Trinajstić information content (AvgIpc) is 2.67. The number of carboxylic acid groups (broad SMARTS) is 1. The molecule has 0 spiro atoms. The summed E-state index contributed by atoms with van der Waals surface area (Å²) in [4.78, 5) is 26.9. The molecular weight excluding hydrogens is 236 g/mol. The molecule has 0 bridgehead atoms. The van der Waals surface area contributed by atoms with E-state index in [0.29, 0.717) is 5.56 Å². The molecule has 0 radical (unpaired) electrons. The fourth-order valence-electron chi connectivity index (χ4n) is 1.48. The Morgan fingerprint density at radius 1 is 1.44 bits per heavy atom. The van der Waals surface area contributed by atoms with E-state index in [0.717, 1.165) is 4.90 Å². The zero-order valence-electron chi connectivity index (χ0n) is 10.9. The number of rotatable bonds is 3. The summed E-state index contributed by atoms with van der Waals surface area (Å²) < 4.78 is 5.14. The lowest BCUT2D eigenvalue weighted by molar-refractivity contribution is -0.142. The number of likely N-dealkylation sites (N-methyl/N-ethyl adjacent to an activating group) is 1. The number of aromatic amines is 1. The minimum absolute atomic E-state index is 0.496. The summed E-state index contributed by atoms with van der Waals surface area (Å²) in [5.74, 6) is -1.11. The molecule has 1 aromatic rings. The second-order valence-corrected chi connectivity index (χ2v) is 4.98. The summed E-state index contributed by atoms with van der Waals surface area (Å²) in [6.07, 6.45) is 2.48. The van der Waals surface area contributed by atoms with Crippen LogP contribution in [-0.2, 0) is 9.53 Å². The van der Waals surface area contributed by atoms with Gasteiger partial charge in [0.2, 0.25) is 0 Å². The highest BCUT2D eigenvalue weighted by Gasteiger charge is 2.31. The second-order valence-electron chi connectivity index (χ2n) is 4.98. The molecule has 6 heteroatoms. The van der Waals surface area contributed by atoms with Crippen molar-refractivity contribution in [2.75, 3.05) is 7.05 Å². The van der Waals surface area contributed by atoms with E-state index >= 15 is 0 Å². The molecule has 0 aliphatic carbocycles. The third kappa shape index (κ3) is 3.51. The molecule has 0 aromatic carbocycles. The summed E-state index contributed by atoms with van der Waals surface area (Å²) in [7, 11) is 1.40. The van der Waals surface area contributed by atoms with Gasteiger partial charge in [-0.05, 0) is 26.8 Å². The van der Waals surface area contributed by atoms with Gasteiger partial charge in [0.1, 0.15) is 5.60 Å². The second kappa shape index (κ2) is 5.12. The molecule has 100 valence electrons. The molecule has 1 amide bonds. The number of aliphatic carboxylic acids is 1. The number of hydrogen-bond acceptors (Lipinski definition) is 3. The summed E-state index contributed by atoms with van der Waals surface area (Å²) >= 11 is 0. The van der Waals surface area contributed by atoms with Gasteiger partial charge < -0.3 is 14.8 Å². The Morgan fingerprint density at radius 2 is 2.06 bits per heavy atom. The highest BCUT2D eigenvalue weighted by molar-refractivity contribution is 5.81. The smallest absolute Gasteiger partial charge is 0.411 e. The van der Waals surface area contributed by atoms with Gasteiger partial charge in [0, 0.05) is 25.0 Å². The third-order valence-electron chi connectivity index (χ3n) is 2.24. The maximum Gasteiger partial charge on any atom is 0.411 e. The number of hydrogen-bond donors (Lipinski definition) is 2. The molecule has 1 rings (SSSR count). The van der Waals surface area contributed by atoms with Crippen molar-refractivity contribution in [3.8, 4) is 0 Å². The van der Waals surface area contributed by atoms with Crippen LogP contribution in [0.5, 0.6) is 0 Å². The maximum atomic E-state index is 11.8. The van der Waals surface area contributed by atoms with Gasteiger partial charge >= 0.3 is 12.1 Å². The number of ether oxygens (including phenoxy) is 1. The van der Waals surface area contributed by atoms with Crippen LogP contribution in [0.25, 0.3) is 0 Å². The maximum absolute atomic E-state index is 11.8. The van der Waals surface area contributed by atoms with Crippen LogP contribution in [0.1, 0.15) is 32.4 Å². The monoisotopic (exact) mass is 254 g/mol. The number of nitrogens with zero attached hydrogens (tertiary/aromatic N) is 1. The Morgan fingerprint density at radius 3 is 2.44 bits per heavy atom. The van der Waals surface area contributed by atoms with E-state index < -0.39 is 23.7 Å². The van der Waals surface area contributed by atoms with Crippen LogP contribution in [-0.4, -0.2) is 39.7 Å². The lowest BCUT2D eigenvalue weighted by Gasteiger charge is -2.28. The van der Waals surface area contributed by atoms with Crippen molar-refractivity contribution in [1.29, 1.82) is 0 Å². The number of nitrogens with one attached hydrogen (secondary N) is 1. The Bertz CT molecular complexity index is 420. The van der Waals surface area contributed by atoms with Crippen molar-refractivity contribution in [1.82, 2.24) is 9.88 Å². The van der Waals surface area contributed by atoms with E-state index in [2.05, 4.69) is 4.98 Å². The van der Waals surface area contributed by atoms with E-state index in [1.165, 1.54) is 7.05 Å².